The molecule has 86 valence electrons. The summed E-state index contributed by atoms with van der Waals surface area (Å²) in [6.45, 7) is 1.55. The largest absolute Gasteiger partial charge is 0.480 e. The number of hydrogen-bond acceptors (Lipinski definition) is 4. The van der Waals surface area contributed by atoms with Gasteiger partial charge in [0.05, 0.1) is 5.75 Å². The summed E-state index contributed by atoms with van der Waals surface area (Å²) in [6, 6.07) is 1.16. The van der Waals surface area contributed by atoms with Crippen molar-refractivity contribution in [3.8, 4) is 0 Å². The highest BCUT2D eigenvalue weighted by Crippen LogP contribution is 2.40. The van der Waals surface area contributed by atoms with Gasteiger partial charge in [-0.25, -0.2) is 4.79 Å². The average molecular weight is 257 g/mol. The van der Waals surface area contributed by atoms with Gasteiger partial charge < -0.3 is 10.0 Å². The Kier molecular flexibility index (Phi) is 3.20. The third-order valence-corrected chi connectivity index (χ3v) is 4.44. The van der Waals surface area contributed by atoms with Crippen molar-refractivity contribution >= 4 is 35.0 Å². The van der Waals surface area contributed by atoms with Crippen LogP contribution in [-0.2, 0) is 9.59 Å². The molecule has 2 atom stereocenters. The molecule has 0 saturated carbocycles. The Morgan fingerprint density at radius 1 is 1.69 bits per heavy atom. The van der Waals surface area contributed by atoms with E-state index in [4.69, 9.17) is 5.11 Å². The molecule has 0 aromatic carbocycles. The molecule has 4 nitrogen and oxygen atoms in total. The minimum Gasteiger partial charge on any atom is -0.480 e. The zero-order valence-electron chi connectivity index (χ0n) is 8.62. The van der Waals surface area contributed by atoms with Crippen LogP contribution in [0.4, 0.5) is 0 Å². The normalized spacial score (nSPS) is 22.4. The number of hydrogen-bond donors (Lipinski definition) is 1. The van der Waals surface area contributed by atoms with E-state index in [0.717, 1.165) is 5.56 Å². The Hall–Kier alpha value is -1.01. The van der Waals surface area contributed by atoms with E-state index in [1.807, 2.05) is 16.8 Å². The monoisotopic (exact) mass is 257 g/mol. The summed E-state index contributed by atoms with van der Waals surface area (Å²) in [5.74, 6) is -0.704. The molecule has 16 heavy (non-hydrogen) atoms. The quantitative estimate of drug-likeness (QED) is 0.897. The van der Waals surface area contributed by atoms with Crippen LogP contribution in [0.15, 0.2) is 16.8 Å². The standard InChI is InChI=1S/C10H11NO3S2/c1-6(10(13)14)11-8(12)5-16-9(11)7-2-3-15-4-7/h2-4,6,9H,5H2,1H3,(H,13,14). The second-order valence-electron chi connectivity index (χ2n) is 3.54. The molecule has 2 unspecified atom stereocenters. The van der Waals surface area contributed by atoms with Gasteiger partial charge in [-0.3, -0.25) is 4.79 Å². The van der Waals surface area contributed by atoms with Crippen LogP contribution in [0.25, 0.3) is 0 Å². The molecule has 1 saturated heterocycles. The first kappa shape index (κ1) is 11.5. The van der Waals surface area contributed by atoms with Gasteiger partial charge in [-0.05, 0) is 29.3 Å². The topological polar surface area (TPSA) is 57.6 Å². The summed E-state index contributed by atoms with van der Waals surface area (Å²) < 4.78 is 0. The van der Waals surface area contributed by atoms with Crippen molar-refractivity contribution in [1.82, 2.24) is 4.90 Å². The lowest BCUT2D eigenvalue weighted by Crippen LogP contribution is -2.41. The Bertz CT molecular complexity index is 404. The van der Waals surface area contributed by atoms with Gasteiger partial charge in [0, 0.05) is 0 Å². The van der Waals surface area contributed by atoms with Crippen molar-refractivity contribution in [3.05, 3.63) is 22.4 Å². The van der Waals surface area contributed by atoms with Crippen molar-refractivity contribution in [2.75, 3.05) is 5.75 Å². The molecule has 0 spiro atoms. The van der Waals surface area contributed by atoms with Crippen molar-refractivity contribution < 1.29 is 14.7 Å². The van der Waals surface area contributed by atoms with E-state index in [1.54, 1.807) is 18.3 Å². The minimum atomic E-state index is -0.962. The molecular weight excluding hydrogens is 246 g/mol. The van der Waals surface area contributed by atoms with Gasteiger partial charge in [-0.2, -0.15) is 11.3 Å². The van der Waals surface area contributed by atoms with Crippen LogP contribution in [0.5, 0.6) is 0 Å². The number of carbonyl (C=O) groups excluding carboxylic acids is 1. The van der Waals surface area contributed by atoms with Crippen LogP contribution in [0.3, 0.4) is 0 Å². The highest BCUT2D eigenvalue weighted by Gasteiger charge is 2.38. The molecule has 1 aromatic rings. The number of rotatable bonds is 3. The van der Waals surface area contributed by atoms with Gasteiger partial charge in [0.1, 0.15) is 11.4 Å². The molecular formula is C10H11NO3S2. The van der Waals surface area contributed by atoms with E-state index >= 15 is 0 Å². The maximum absolute atomic E-state index is 11.7. The number of amides is 1. The molecule has 1 aliphatic heterocycles. The third-order valence-electron chi connectivity index (χ3n) is 2.51. The van der Waals surface area contributed by atoms with E-state index in [0.29, 0.717) is 5.75 Å². The molecule has 2 heterocycles. The van der Waals surface area contributed by atoms with E-state index in [-0.39, 0.29) is 11.3 Å². The number of nitrogens with zero attached hydrogens (tertiary/aromatic N) is 1. The number of thioether (sulfide) groups is 1. The second-order valence-corrected chi connectivity index (χ2v) is 5.38. The maximum Gasteiger partial charge on any atom is 0.326 e. The second kappa shape index (κ2) is 4.47. The number of aliphatic carboxylic acids is 1. The summed E-state index contributed by atoms with van der Waals surface area (Å²) >= 11 is 3.03. The molecule has 1 amide bonds. The van der Waals surface area contributed by atoms with Crippen LogP contribution in [-0.4, -0.2) is 33.7 Å². The molecule has 2 rings (SSSR count). The van der Waals surface area contributed by atoms with Gasteiger partial charge in [-0.1, -0.05) is 0 Å². The zero-order valence-corrected chi connectivity index (χ0v) is 10.3. The van der Waals surface area contributed by atoms with Gasteiger partial charge in [0.15, 0.2) is 0 Å². The van der Waals surface area contributed by atoms with Gasteiger partial charge >= 0.3 is 5.97 Å². The van der Waals surface area contributed by atoms with E-state index in [9.17, 15) is 9.59 Å². The molecule has 6 heteroatoms. The first-order valence-electron chi connectivity index (χ1n) is 4.79. The Labute approximate surface area is 101 Å². The lowest BCUT2D eigenvalue weighted by molar-refractivity contribution is -0.148. The smallest absolute Gasteiger partial charge is 0.326 e. The Morgan fingerprint density at radius 2 is 2.44 bits per heavy atom. The lowest BCUT2D eigenvalue weighted by atomic mass is 10.2. The highest BCUT2D eigenvalue weighted by molar-refractivity contribution is 8.00. The van der Waals surface area contributed by atoms with E-state index in [1.165, 1.54) is 16.7 Å². The molecule has 1 N–H and O–H groups in total. The predicted octanol–water partition coefficient (Wildman–Crippen LogP) is 1.80. The van der Waals surface area contributed by atoms with Gasteiger partial charge in [-0.15, -0.1) is 11.8 Å². The maximum atomic E-state index is 11.7. The molecule has 0 radical (unpaired) electrons. The van der Waals surface area contributed by atoms with Crippen molar-refractivity contribution in [2.45, 2.75) is 18.3 Å². The number of thiophene rings is 1. The molecule has 0 bridgehead atoms. The van der Waals surface area contributed by atoms with Gasteiger partial charge in [0.2, 0.25) is 5.91 Å². The van der Waals surface area contributed by atoms with Crippen LogP contribution in [0.2, 0.25) is 0 Å². The average Bonchev–Trinajstić information content (AvgIpc) is 2.84. The zero-order chi connectivity index (χ0) is 11.7. The predicted molar refractivity (Wildman–Crippen MR) is 63.5 cm³/mol. The van der Waals surface area contributed by atoms with Crippen LogP contribution < -0.4 is 0 Å². The first-order chi connectivity index (χ1) is 7.61. The summed E-state index contributed by atoms with van der Waals surface area (Å²) in [4.78, 5) is 24.1. The number of carboxylic acid groups (broad SMARTS) is 1. The summed E-state index contributed by atoms with van der Waals surface area (Å²) in [5, 5.41) is 12.7. The number of carboxylic acids is 1. The van der Waals surface area contributed by atoms with Crippen molar-refractivity contribution in [1.29, 1.82) is 0 Å². The van der Waals surface area contributed by atoms with Crippen LogP contribution in [0, 0.1) is 0 Å². The fraction of sp³-hybridized carbons (Fsp3) is 0.400. The summed E-state index contributed by atoms with van der Waals surface area (Å²) in [7, 11) is 0. The minimum absolute atomic E-state index is 0.101. The lowest BCUT2D eigenvalue weighted by Gasteiger charge is -2.26. The Balaban J connectivity index is 2.26. The highest BCUT2D eigenvalue weighted by atomic mass is 32.2. The fourth-order valence-electron chi connectivity index (χ4n) is 1.65. The summed E-state index contributed by atoms with van der Waals surface area (Å²) in [5.41, 5.74) is 1.01. The third kappa shape index (κ3) is 1.94. The molecule has 1 aliphatic rings. The summed E-state index contributed by atoms with van der Waals surface area (Å²) in [6.07, 6.45) is 0. The Morgan fingerprint density at radius 3 is 3.00 bits per heavy atom. The van der Waals surface area contributed by atoms with Gasteiger partial charge in [0.25, 0.3) is 0 Å². The SMILES string of the molecule is CC(C(=O)O)N1C(=O)CSC1c1ccsc1. The van der Waals surface area contributed by atoms with E-state index < -0.39 is 12.0 Å². The number of carbonyl (C=O) groups is 2. The van der Waals surface area contributed by atoms with Crippen LogP contribution in [0.1, 0.15) is 17.9 Å². The van der Waals surface area contributed by atoms with E-state index in [2.05, 4.69) is 0 Å². The van der Waals surface area contributed by atoms with Crippen molar-refractivity contribution in [2.24, 2.45) is 0 Å². The molecule has 0 aliphatic carbocycles. The molecule has 1 aromatic heterocycles. The molecule has 1 fully saturated rings. The van der Waals surface area contributed by atoms with Crippen molar-refractivity contribution in [3.63, 3.8) is 0 Å². The fourth-order valence-corrected chi connectivity index (χ4v) is 3.66. The first-order valence-corrected chi connectivity index (χ1v) is 6.78. The van der Waals surface area contributed by atoms with Crippen LogP contribution >= 0.6 is 23.1 Å².